The molecule has 0 aromatic heterocycles. The predicted octanol–water partition coefficient (Wildman–Crippen LogP) is 4.44. The monoisotopic (exact) mass is 301 g/mol. The molecular weight excluding hydrogens is 281 g/mol. The molecule has 2 aromatic rings. The Labute approximate surface area is 130 Å². The van der Waals surface area contributed by atoms with E-state index in [9.17, 15) is 9.18 Å². The summed E-state index contributed by atoms with van der Waals surface area (Å²) in [6.45, 7) is 5.42. The SMILES string of the molecule is CC(C)(C)OC(=O)NC(c1ccccc1)c1ccc(F)cc1. The minimum absolute atomic E-state index is 0.312. The molecule has 0 radical (unpaired) electrons. The van der Waals surface area contributed by atoms with Crippen molar-refractivity contribution >= 4 is 6.09 Å². The summed E-state index contributed by atoms with van der Waals surface area (Å²) < 4.78 is 18.4. The third kappa shape index (κ3) is 4.58. The summed E-state index contributed by atoms with van der Waals surface area (Å²) in [5.74, 6) is -0.312. The van der Waals surface area contributed by atoms with Crippen LogP contribution in [0.4, 0.5) is 9.18 Å². The largest absolute Gasteiger partial charge is 0.444 e. The van der Waals surface area contributed by atoms with Gasteiger partial charge in [-0.3, -0.25) is 0 Å². The number of carbonyl (C=O) groups is 1. The van der Waals surface area contributed by atoms with Crippen molar-refractivity contribution in [1.82, 2.24) is 5.32 Å². The van der Waals surface area contributed by atoms with Crippen LogP contribution in [0.1, 0.15) is 37.9 Å². The summed E-state index contributed by atoms with van der Waals surface area (Å²) in [4.78, 5) is 12.1. The van der Waals surface area contributed by atoms with Crippen molar-refractivity contribution in [3.8, 4) is 0 Å². The topological polar surface area (TPSA) is 38.3 Å². The first kappa shape index (κ1) is 16.0. The van der Waals surface area contributed by atoms with Gasteiger partial charge in [0.05, 0.1) is 6.04 Å². The Kier molecular flexibility index (Phi) is 4.81. The highest BCUT2D eigenvalue weighted by molar-refractivity contribution is 5.69. The highest BCUT2D eigenvalue weighted by Crippen LogP contribution is 2.23. The lowest BCUT2D eigenvalue weighted by Gasteiger charge is -2.24. The molecule has 1 unspecified atom stereocenters. The highest BCUT2D eigenvalue weighted by atomic mass is 19.1. The van der Waals surface area contributed by atoms with E-state index in [1.807, 2.05) is 51.1 Å². The summed E-state index contributed by atoms with van der Waals surface area (Å²) in [7, 11) is 0. The first-order valence-corrected chi connectivity index (χ1v) is 7.15. The number of nitrogens with one attached hydrogen (secondary N) is 1. The zero-order valence-corrected chi connectivity index (χ0v) is 13.0. The highest BCUT2D eigenvalue weighted by Gasteiger charge is 2.21. The smallest absolute Gasteiger partial charge is 0.408 e. The van der Waals surface area contributed by atoms with Crippen LogP contribution in [-0.4, -0.2) is 11.7 Å². The van der Waals surface area contributed by atoms with Crippen LogP contribution in [-0.2, 0) is 4.74 Å². The zero-order valence-electron chi connectivity index (χ0n) is 13.0. The van der Waals surface area contributed by atoms with Crippen LogP contribution in [0.3, 0.4) is 0 Å². The minimum atomic E-state index is -0.575. The van der Waals surface area contributed by atoms with Gasteiger partial charge in [0.15, 0.2) is 0 Å². The molecular formula is C18H20FNO2. The molecule has 4 heteroatoms. The molecule has 2 rings (SSSR count). The van der Waals surface area contributed by atoms with Crippen molar-refractivity contribution in [3.05, 3.63) is 71.5 Å². The lowest BCUT2D eigenvalue weighted by Crippen LogP contribution is -2.35. The maximum absolute atomic E-state index is 13.1. The number of carbonyl (C=O) groups excluding carboxylic acids is 1. The van der Waals surface area contributed by atoms with Crippen molar-refractivity contribution < 1.29 is 13.9 Å². The molecule has 0 spiro atoms. The fourth-order valence-electron chi connectivity index (χ4n) is 2.09. The third-order valence-electron chi connectivity index (χ3n) is 3.00. The molecule has 3 nitrogen and oxygen atoms in total. The second kappa shape index (κ2) is 6.60. The number of benzene rings is 2. The molecule has 0 saturated heterocycles. The van der Waals surface area contributed by atoms with Crippen LogP contribution in [0.15, 0.2) is 54.6 Å². The predicted molar refractivity (Wildman–Crippen MR) is 84.1 cm³/mol. The summed E-state index contributed by atoms with van der Waals surface area (Å²) >= 11 is 0. The van der Waals surface area contributed by atoms with Crippen molar-refractivity contribution in [3.63, 3.8) is 0 Å². The van der Waals surface area contributed by atoms with Gasteiger partial charge in [-0.1, -0.05) is 42.5 Å². The average Bonchev–Trinajstić information content (AvgIpc) is 2.45. The van der Waals surface area contributed by atoms with Crippen LogP contribution in [0.5, 0.6) is 0 Å². The van der Waals surface area contributed by atoms with Crippen molar-refractivity contribution in [2.24, 2.45) is 0 Å². The Morgan fingerprint density at radius 1 is 1.00 bits per heavy atom. The Morgan fingerprint density at radius 2 is 1.55 bits per heavy atom. The van der Waals surface area contributed by atoms with E-state index in [1.54, 1.807) is 12.1 Å². The molecule has 0 heterocycles. The summed E-state index contributed by atoms with van der Waals surface area (Å²) in [6.07, 6.45) is -0.509. The number of hydrogen-bond acceptors (Lipinski definition) is 2. The van der Waals surface area contributed by atoms with Gasteiger partial charge in [-0.05, 0) is 44.0 Å². The van der Waals surface area contributed by atoms with Gasteiger partial charge in [-0.25, -0.2) is 9.18 Å². The third-order valence-corrected chi connectivity index (χ3v) is 3.00. The molecule has 2 aromatic carbocycles. The first-order valence-electron chi connectivity index (χ1n) is 7.15. The molecule has 0 saturated carbocycles. The van der Waals surface area contributed by atoms with E-state index in [4.69, 9.17) is 4.74 Å². The quantitative estimate of drug-likeness (QED) is 0.910. The second-order valence-corrected chi connectivity index (χ2v) is 6.04. The van der Waals surface area contributed by atoms with Gasteiger partial charge in [0.25, 0.3) is 0 Å². The Morgan fingerprint density at radius 3 is 2.09 bits per heavy atom. The van der Waals surface area contributed by atoms with Crippen LogP contribution in [0, 0.1) is 5.82 Å². The molecule has 116 valence electrons. The zero-order chi connectivity index (χ0) is 16.2. The molecule has 0 aliphatic heterocycles. The summed E-state index contributed by atoms with van der Waals surface area (Å²) in [6, 6.07) is 15.2. The molecule has 0 aliphatic carbocycles. The number of rotatable bonds is 3. The van der Waals surface area contributed by atoms with Crippen molar-refractivity contribution in [2.45, 2.75) is 32.4 Å². The standard InChI is InChI=1S/C18H20FNO2/c1-18(2,3)22-17(21)20-16(13-7-5-4-6-8-13)14-9-11-15(19)12-10-14/h4-12,16H,1-3H3,(H,20,21). The van der Waals surface area contributed by atoms with Gasteiger partial charge in [0, 0.05) is 0 Å². The average molecular weight is 301 g/mol. The van der Waals surface area contributed by atoms with Crippen LogP contribution in [0.2, 0.25) is 0 Å². The van der Waals surface area contributed by atoms with Gasteiger partial charge in [0.1, 0.15) is 11.4 Å². The fraction of sp³-hybridized carbons (Fsp3) is 0.278. The van der Waals surface area contributed by atoms with E-state index in [0.29, 0.717) is 0 Å². The van der Waals surface area contributed by atoms with Gasteiger partial charge >= 0.3 is 6.09 Å². The summed E-state index contributed by atoms with van der Waals surface area (Å²) in [5.41, 5.74) is 1.12. The lowest BCUT2D eigenvalue weighted by atomic mass is 9.99. The number of hydrogen-bond donors (Lipinski definition) is 1. The summed E-state index contributed by atoms with van der Waals surface area (Å²) in [5, 5.41) is 2.84. The van der Waals surface area contributed by atoms with E-state index in [1.165, 1.54) is 12.1 Å². The van der Waals surface area contributed by atoms with Gasteiger partial charge in [-0.15, -0.1) is 0 Å². The van der Waals surface area contributed by atoms with E-state index in [0.717, 1.165) is 11.1 Å². The molecule has 1 N–H and O–H groups in total. The Bertz CT molecular complexity index is 618. The number of ether oxygens (including phenoxy) is 1. The normalized spacial score (nSPS) is 12.5. The first-order chi connectivity index (χ1) is 10.3. The maximum Gasteiger partial charge on any atom is 0.408 e. The fourth-order valence-corrected chi connectivity index (χ4v) is 2.09. The minimum Gasteiger partial charge on any atom is -0.444 e. The number of halogens is 1. The Hall–Kier alpha value is -2.36. The molecule has 0 aliphatic rings. The van der Waals surface area contributed by atoms with E-state index in [-0.39, 0.29) is 5.82 Å². The van der Waals surface area contributed by atoms with Crippen molar-refractivity contribution in [1.29, 1.82) is 0 Å². The van der Waals surface area contributed by atoms with Crippen LogP contribution >= 0.6 is 0 Å². The van der Waals surface area contributed by atoms with Gasteiger partial charge < -0.3 is 10.1 Å². The van der Waals surface area contributed by atoms with E-state index in [2.05, 4.69) is 5.32 Å². The van der Waals surface area contributed by atoms with Crippen LogP contribution < -0.4 is 5.32 Å². The van der Waals surface area contributed by atoms with Crippen LogP contribution in [0.25, 0.3) is 0 Å². The Balaban J connectivity index is 2.26. The second-order valence-electron chi connectivity index (χ2n) is 6.04. The number of alkyl carbamates (subject to hydrolysis) is 1. The lowest BCUT2D eigenvalue weighted by molar-refractivity contribution is 0.0512. The molecule has 0 fully saturated rings. The molecule has 22 heavy (non-hydrogen) atoms. The molecule has 1 atom stereocenters. The molecule has 0 bridgehead atoms. The van der Waals surface area contributed by atoms with Gasteiger partial charge in [0.2, 0.25) is 0 Å². The maximum atomic E-state index is 13.1. The van der Waals surface area contributed by atoms with E-state index >= 15 is 0 Å². The van der Waals surface area contributed by atoms with E-state index < -0.39 is 17.7 Å². The van der Waals surface area contributed by atoms with Gasteiger partial charge in [-0.2, -0.15) is 0 Å². The van der Waals surface area contributed by atoms with Crippen molar-refractivity contribution in [2.75, 3.05) is 0 Å². The number of amides is 1. The molecule has 1 amide bonds.